The molecule has 6 nitrogen and oxygen atoms in total. The van der Waals surface area contributed by atoms with Crippen molar-refractivity contribution >= 4 is 6.09 Å². The van der Waals surface area contributed by atoms with Crippen molar-refractivity contribution in [3.05, 3.63) is 12.4 Å². The van der Waals surface area contributed by atoms with Gasteiger partial charge in [0.05, 0.1) is 18.9 Å². The third-order valence-electron chi connectivity index (χ3n) is 4.27. The number of carbonyl (C=O) groups excluding carboxylic acids is 1. The van der Waals surface area contributed by atoms with Crippen molar-refractivity contribution < 1.29 is 9.53 Å². The van der Waals surface area contributed by atoms with Gasteiger partial charge in [-0.05, 0) is 30.6 Å². The second-order valence-corrected chi connectivity index (χ2v) is 6.32. The molecule has 1 heterocycles. The molecule has 0 spiro atoms. The zero-order valence-electron chi connectivity index (χ0n) is 13.2. The van der Waals surface area contributed by atoms with Crippen LogP contribution in [0, 0.1) is 17.8 Å². The van der Waals surface area contributed by atoms with Gasteiger partial charge in [-0.3, -0.25) is 0 Å². The Kier molecular flexibility index (Phi) is 5.59. The average Bonchev–Trinajstić information content (AvgIpc) is 2.91. The average molecular weight is 294 g/mol. The highest BCUT2D eigenvalue weighted by Gasteiger charge is 2.33. The first kappa shape index (κ1) is 15.8. The fourth-order valence-electron chi connectivity index (χ4n) is 3.05. The molecule has 2 rings (SSSR count). The van der Waals surface area contributed by atoms with E-state index in [1.807, 2.05) is 0 Å². The Morgan fingerprint density at radius 2 is 2.10 bits per heavy atom. The van der Waals surface area contributed by atoms with Gasteiger partial charge >= 0.3 is 6.09 Å². The Morgan fingerprint density at radius 3 is 2.76 bits per heavy atom. The number of amides is 1. The summed E-state index contributed by atoms with van der Waals surface area (Å²) in [5.41, 5.74) is 0. The summed E-state index contributed by atoms with van der Waals surface area (Å²) in [5, 5.41) is 10.8. The van der Waals surface area contributed by atoms with E-state index in [0.29, 0.717) is 30.8 Å². The van der Waals surface area contributed by atoms with Crippen molar-refractivity contribution in [3.63, 3.8) is 0 Å². The Balaban J connectivity index is 1.76. The van der Waals surface area contributed by atoms with Crippen molar-refractivity contribution in [2.45, 2.75) is 52.7 Å². The molecule has 1 amide bonds. The lowest BCUT2D eigenvalue weighted by molar-refractivity contribution is 0.00613. The van der Waals surface area contributed by atoms with Gasteiger partial charge < -0.3 is 10.1 Å². The fraction of sp³-hybridized carbons (Fsp3) is 0.800. The van der Waals surface area contributed by atoms with Crippen LogP contribution >= 0.6 is 0 Å². The van der Waals surface area contributed by atoms with Crippen molar-refractivity contribution in [2.24, 2.45) is 17.8 Å². The second kappa shape index (κ2) is 7.43. The summed E-state index contributed by atoms with van der Waals surface area (Å²) in [4.78, 5) is 13.5. The minimum Gasteiger partial charge on any atom is -0.446 e. The molecule has 118 valence electrons. The van der Waals surface area contributed by atoms with Gasteiger partial charge in [0.15, 0.2) is 0 Å². The molecular weight excluding hydrogens is 268 g/mol. The Bertz CT molecular complexity index is 433. The SMILES string of the molecule is CC(C)C1CC[C@@H](C)C[C@H]1OC(=O)NCCn1nccn1. The maximum atomic E-state index is 11.9. The molecule has 21 heavy (non-hydrogen) atoms. The largest absolute Gasteiger partial charge is 0.446 e. The van der Waals surface area contributed by atoms with Crippen LogP contribution in [0.1, 0.15) is 40.0 Å². The van der Waals surface area contributed by atoms with Crippen molar-refractivity contribution in [3.8, 4) is 0 Å². The number of nitrogens with zero attached hydrogens (tertiary/aromatic N) is 3. The topological polar surface area (TPSA) is 69.0 Å². The van der Waals surface area contributed by atoms with Gasteiger partial charge in [0.2, 0.25) is 0 Å². The van der Waals surface area contributed by atoms with E-state index < -0.39 is 0 Å². The zero-order chi connectivity index (χ0) is 15.2. The van der Waals surface area contributed by atoms with Crippen LogP contribution in [0.25, 0.3) is 0 Å². The molecule has 1 saturated carbocycles. The molecule has 0 aliphatic heterocycles. The Labute approximate surface area is 126 Å². The molecule has 1 aliphatic rings. The van der Waals surface area contributed by atoms with E-state index in [9.17, 15) is 4.79 Å². The molecule has 1 unspecified atom stereocenters. The van der Waals surface area contributed by atoms with Gasteiger partial charge in [0.25, 0.3) is 0 Å². The van der Waals surface area contributed by atoms with Gasteiger partial charge in [-0.25, -0.2) is 4.79 Å². The predicted octanol–water partition coefficient (Wildman–Crippen LogP) is 2.47. The summed E-state index contributed by atoms with van der Waals surface area (Å²) < 4.78 is 5.65. The van der Waals surface area contributed by atoms with Gasteiger partial charge in [-0.15, -0.1) is 0 Å². The quantitative estimate of drug-likeness (QED) is 0.905. The van der Waals surface area contributed by atoms with E-state index in [1.54, 1.807) is 17.2 Å². The summed E-state index contributed by atoms with van der Waals surface area (Å²) in [6.45, 7) is 7.67. The molecule has 0 aromatic carbocycles. The molecule has 1 aromatic rings. The van der Waals surface area contributed by atoms with Gasteiger partial charge in [0.1, 0.15) is 6.10 Å². The van der Waals surface area contributed by atoms with Crippen LogP contribution in [0.3, 0.4) is 0 Å². The van der Waals surface area contributed by atoms with Gasteiger partial charge in [-0.1, -0.05) is 27.2 Å². The summed E-state index contributed by atoms with van der Waals surface area (Å²) in [6, 6.07) is 0. The lowest BCUT2D eigenvalue weighted by Crippen LogP contribution is -2.39. The third-order valence-corrected chi connectivity index (χ3v) is 4.27. The minimum absolute atomic E-state index is 0.0385. The number of aromatic nitrogens is 3. The molecule has 6 heteroatoms. The molecule has 1 aromatic heterocycles. The Morgan fingerprint density at radius 1 is 1.38 bits per heavy atom. The number of hydrogen-bond donors (Lipinski definition) is 1. The summed E-state index contributed by atoms with van der Waals surface area (Å²) >= 11 is 0. The van der Waals surface area contributed by atoms with Crippen LogP contribution in [-0.4, -0.2) is 33.7 Å². The number of alkyl carbamates (subject to hydrolysis) is 1. The zero-order valence-corrected chi connectivity index (χ0v) is 13.2. The van der Waals surface area contributed by atoms with Gasteiger partial charge in [0, 0.05) is 6.54 Å². The first-order valence-corrected chi connectivity index (χ1v) is 7.85. The lowest BCUT2D eigenvalue weighted by Gasteiger charge is -2.36. The predicted molar refractivity (Wildman–Crippen MR) is 79.6 cm³/mol. The molecule has 0 bridgehead atoms. The first-order valence-electron chi connectivity index (χ1n) is 7.85. The van der Waals surface area contributed by atoms with Crippen molar-refractivity contribution in [1.29, 1.82) is 0 Å². The normalized spacial score (nSPS) is 25.8. The number of nitrogens with one attached hydrogen (secondary N) is 1. The molecule has 1 fully saturated rings. The first-order chi connectivity index (χ1) is 10.1. The number of rotatable bonds is 5. The van der Waals surface area contributed by atoms with E-state index in [0.717, 1.165) is 12.8 Å². The highest BCUT2D eigenvalue weighted by atomic mass is 16.6. The van der Waals surface area contributed by atoms with Crippen LogP contribution in [0.15, 0.2) is 12.4 Å². The molecule has 0 radical (unpaired) electrons. The van der Waals surface area contributed by atoms with Crippen molar-refractivity contribution in [1.82, 2.24) is 20.3 Å². The maximum absolute atomic E-state index is 11.9. The van der Waals surface area contributed by atoms with E-state index >= 15 is 0 Å². The molecular formula is C15H26N4O2. The fourth-order valence-corrected chi connectivity index (χ4v) is 3.05. The standard InChI is InChI=1S/C15H26N4O2/c1-11(2)13-5-4-12(3)10-14(13)21-15(20)16-8-9-19-17-6-7-18-19/h6-7,11-14H,4-5,8-10H2,1-3H3,(H,16,20)/t12-,13?,14-/m1/s1. The van der Waals surface area contributed by atoms with E-state index in [2.05, 4.69) is 36.3 Å². The Hall–Kier alpha value is -1.59. The number of hydrogen-bond acceptors (Lipinski definition) is 4. The minimum atomic E-state index is -0.327. The summed E-state index contributed by atoms with van der Waals surface area (Å²) in [7, 11) is 0. The van der Waals surface area contributed by atoms with Crippen LogP contribution in [0.5, 0.6) is 0 Å². The molecule has 1 N–H and O–H groups in total. The number of carbonyl (C=O) groups is 1. The van der Waals surface area contributed by atoms with Gasteiger partial charge in [-0.2, -0.15) is 15.0 Å². The smallest absolute Gasteiger partial charge is 0.407 e. The summed E-state index contributed by atoms with van der Waals surface area (Å²) in [5.74, 6) is 1.65. The lowest BCUT2D eigenvalue weighted by atomic mass is 9.75. The van der Waals surface area contributed by atoms with E-state index in [1.165, 1.54) is 6.42 Å². The maximum Gasteiger partial charge on any atom is 0.407 e. The summed E-state index contributed by atoms with van der Waals surface area (Å²) in [6.07, 6.45) is 6.30. The van der Waals surface area contributed by atoms with Crippen LogP contribution in [0.4, 0.5) is 4.79 Å². The highest BCUT2D eigenvalue weighted by molar-refractivity contribution is 5.67. The van der Waals surface area contributed by atoms with Crippen molar-refractivity contribution in [2.75, 3.05) is 6.54 Å². The van der Waals surface area contributed by atoms with Crippen LogP contribution in [0.2, 0.25) is 0 Å². The second-order valence-electron chi connectivity index (χ2n) is 6.32. The molecule has 1 aliphatic carbocycles. The molecule has 0 saturated heterocycles. The van der Waals surface area contributed by atoms with Crippen LogP contribution < -0.4 is 5.32 Å². The monoisotopic (exact) mass is 294 g/mol. The highest BCUT2D eigenvalue weighted by Crippen LogP contribution is 2.35. The van der Waals surface area contributed by atoms with Crippen LogP contribution in [-0.2, 0) is 11.3 Å². The van der Waals surface area contributed by atoms with E-state index in [4.69, 9.17) is 4.74 Å². The third kappa shape index (κ3) is 4.72. The molecule has 3 atom stereocenters. The van der Waals surface area contributed by atoms with E-state index in [-0.39, 0.29) is 12.2 Å². The number of ether oxygens (including phenoxy) is 1.